The molecule has 37 heavy (non-hydrogen) atoms. The van der Waals surface area contributed by atoms with Gasteiger partial charge >= 0.3 is 5.97 Å². The summed E-state index contributed by atoms with van der Waals surface area (Å²) < 4.78 is 30.9. The number of allylic oxidation sites excluding steroid dienone is 2. The molecule has 8 heteroatoms. The molecule has 6 nitrogen and oxygen atoms in total. The zero-order chi connectivity index (χ0) is 26.3. The molecule has 0 aromatic heterocycles. The van der Waals surface area contributed by atoms with Crippen molar-refractivity contribution in [2.24, 2.45) is 0 Å². The van der Waals surface area contributed by atoms with Crippen LogP contribution in [-0.2, 0) is 16.1 Å². The SMILES string of the molecule is COC(=O)C1=C(C)NC2=C(C(=O)c3ccccc32)[C@H]1c1cc(OC)c(OCc2cccc(F)c2)cc1Br. The number of hydrogen-bond donors (Lipinski definition) is 1. The van der Waals surface area contributed by atoms with E-state index in [1.165, 1.54) is 26.4 Å². The summed E-state index contributed by atoms with van der Waals surface area (Å²) in [6.07, 6.45) is 0. The van der Waals surface area contributed by atoms with Gasteiger partial charge in [-0.05, 0) is 42.3 Å². The summed E-state index contributed by atoms with van der Waals surface area (Å²) in [4.78, 5) is 26.6. The standard InChI is InChI=1S/C29H23BrFNO5/c1-15-24(29(34)36-3)25(26-27(32-15)18-9-4-5-10-19(18)28(26)33)20-12-22(35-2)23(13-21(20)30)37-14-16-7-6-8-17(31)11-16/h4-13,25,32H,14H2,1-3H3/t25-/m0/s1. The van der Waals surface area contributed by atoms with Gasteiger partial charge in [-0.25, -0.2) is 9.18 Å². The highest BCUT2D eigenvalue weighted by Gasteiger charge is 2.43. The smallest absolute Gasteiger partial charge is 0.336 e. The first-order valence-corrected chi connectivity index (χ1v) is 12.3. The van der Waals surface area contributed by atoms with Crippen molar-refractivity contribution < 1.29 is 28.2 Å². The van der Waals surface area contributed by atoms with E-state index < -0.39 is 11.9 Å². The highest BCUT2D eigenvalue weighted by molar-refractivity contribution is 9.10. The number of methoxy groups -OCH3 is 2. The van der Waals surface area contributed by atoms with Crippen molar-refractivity contribution in [1.29, 1.82) is 0 Å². The van der Waals surface area contributed by atoms with Crippen LogP contribution in [0.25, 0.3) is 5.70 Å². The number of ketones is 1. The van der Waals surface area contributed by atoms with Gasteiger partial charge < -0.3 is 19.5 Å². The molecule has 1 atom stereocenters. The highest BCUT2D eigenvalue weighted by atomic mass is 79.9. The van der Waals surface area contributed by atoms with E-state index in [-0.39, 0.29) is 18.2 Å². The van der Waals surface area contributed by atoms with Crippen molar-refractivity contribution in [3.63, 3.8) is 0 Å². The molecule has 1 N–H and O–H groups in total. The number of hydrogen-bond acceptors (Lipinski definition) is 6. The van der Waals surface area contributed by atoms with Crippen molar-refractivity contribution in [2.45, 2.75) is 19.4 Å². The van der Waals surface area contributed by atoms with Gasteiger partial charge in [-0.3, -0.25) is 4.79 Å². The van der Waals surface area contributed by atoms with Gasteiger partial charge in [0.05, 0.1) is 31.4 Å². The average molecular weight is 564 g/mol. The van der Waals surface area contributed by atoms with Crippen molar-refractivity contribution in [2.75, 3.05) is 14.2 Å². The Morgan fingerprint density at radius 2 is 1.78 bits per heavy atom. The van der Waals surface area contributed by atoms with Gasteiger partial charge in [0.1, 0.15) is 12.4 Å². The first kappa shape index (κ1) is 24.8. The Morgan fingerprint density at radius 1 is 1.03 bits per heavy atom. The van der Waals surface area contributed by atoms with Gasteiger partial charge in [0.2, 0.25) is 0 Å². The van der Waals surface area contributed by atoms with E-state index in [0.29, 0.717) is 55.2 Å². The monoisotopic (exact) mass is 563 g/mol. The molecule has 0 radical (unpaired) electrons. The first-order chi connectivity index (χ1) is 17.8. The number of ether oxygens (including phenoxy) is 3. The van der Waals surface area contributed by atoms with E-state index in [4.69, 9.17) is 14.2 Å². The van der Waals surface area contributed by atoms with E-state index in [9.17, 15) is 14.0 Å². The second kappa shape index (κ2) is 9.86. The Labute approximate surface area is 221 Å². The summed E-state index contributed by atoms with van der Waals surface area (Å²) in [5, 5.41) is 3.27. The number of benzene rings is 3. The predicted molar refractivity (Wildman–Crippen MR) is 140 cm³/mol. The summed E-state index contributed by atoms with van der Waals surface area (Å²) in [5.74, 6) is -0.938. The zero-order valence-corrected chi connectivity index (χ0v) is 21.9. The lowest BCUT2D eigenvalue weighted by Gasteiger charge is -2.30. The maximum atomic E-state index is 13.6. The van der Waals surface area contributed by atoms with E-state index in [1.54, 1.807) is 37.3 Å². The number of carbonyl (C=O) groups excluding carboxylic acids is 2. The van der Waals surface area contributed by atoms with Crippen LogP contribution in [-0.4, -0.2) is 26.0 Å². The molecule has 5 rings (SSSR count). The lowest BCUT2D eigenvalue weighted by atomic mass is 9.79. The topological polar surface area (TPSA) is 73.9 Å². The van der Waals surface area contributed by atoms with Crippen molar-refractivity contribution in [3.8, 4) is 11.5 Å². The van der Waals surface area contributed by atoms with Crippen molar-refractivity contribution in [1.82, 2.24) is 5.32 Å². The molecule has 0 saturated heterocycles. The van der Waals surface area contributed by atoms with E-state index in [0.717, 1.165) is 5.56 Å². The molecule has 0 unspecified atom stereocenters. The molecule has 188 valence electrons. The minimum absolute atomic E-state index is 0.128. The Kier molecular flexibility index (Phi) is 6.60. The summed E-state index contributed by atoms with van der Waals surface area (Å²) >= 11 is 3.63. The van der Waals surface area contributed by atoms with Crippen LogP contribution in [0.5, 0.6) is 11.5 Å². The summed E-state index contributed by atoms with van der Waals surface area (Å²) in [6, 6.07) is 17.0. The minimum atomic E-state index is -0.718. The van der Waals surface area contributed by atoms with Crippen LogP contribution < -0.4 is 14.8 Å². The Morgan fingerprint density at radius 3 is 2.49 bits per heavy atom. The Bertz CT molecular complexity index is 1510. The van der Waals surface area contributed by atoms with E-state index in [1.807, 2.05) is 18.2 Å². The molecule has 2 aliphatic rings. The number of nitrogens with one attached hydrogen (secondary N) is 1. The zero-order valence-electron chi connectivity index (χ0n) is 20.4. The lowest BCUT2D eigenvalue weighted by Crippen LogP contribution is -2.29. The minimum Gasteiger partial charge on any atom is -0.493 e. The molecule has 0 bridgehead atoms. The van der Waals surface area contributed by atoms with Gasteiger partial charge in [-0.1, -0.05) is 52.3 Å². The molecular weight excluding hydrogens is 541 g/mol. The summed E-state index contributed by atoms with van der Waals surface area (Å²) in [6.45, 7) is 1.92. The van der Waals surface area contributed by atoms with Gasteiger partial charge in [-0.2, -0.15) is 0 Å². The maximum Gasteiger partial charge on any atom is 0.336 e. The molecule has 0 fully saturated rings. The molecule has 3 aromatic rings. The van der Waals surface area contributed by atoms with Crippen LogP contribution in [0.1, 0.15) is 39.9 Å². The fraction of sp³-hybridized carbons (Fsp3) is 0.172. The molecule has 0 amide bonds. The number of halogens is 2. The summed E-state index contributed by atoms with van der Waals surface area (Å²) in [5.41, 5.74) is 4.73. The third-order valence-electron chi connectivity index (χ3n) is 6.53. The molecule has 1 heterocycles. The number of esters is 1. The lowest BCUT2D eigenvalue weighted by molar-refractivity contribution is -0.136. The van der Waals surface area contributed by atoms with Crippen LogP contribution >= 0.6 is 15.9 Å². The molecule has 3 aromatic carbocycles. The quantitative estimate of drug-likeness (QED) is 0.375. The second-order valence-electron chi connectivity index (χ2n) is 8.69. The van der Waals surface area contributed by atoms with Crippen LogP contribution in [0, 0.1) is 5.82 Å². The third-order valence-corrected chi connectivity index (χ3v) is 7.22. The number of fused-ring (bicyclic) bond motifs is 2. The fourth-order valence-corrected chi connectivity index (χ4v) is 5.40. The molecule has 0 spiro atoms. The number of carbonyl (C=O) groups is 2. The largest absolute Gasteiger partial charge is 0.493 e. The molecular formula is C29H23BrFNO5. The van der Waals surface area contributed by atoms with Gasteiger partial charge in [0.15, 0.2) is 17.3 Å². The number of dihydropyridines is 1. The first-order valence-electron chi connectivity index (χ1n) is 11.5. The van der Waals surface area contributed by atoms with Gasteiger partial charge in [0, 0.05) is 26.9 Å². The van der Waals surface area contributed by atoms with E-state index in [2.05, 4.69) is 21.2 Å². The number of rotatable bonds is 6. The normalized spacial score (nSPS) is 16.2. The Hall–Kier alpha value is -3.91. The predicted octanol–water partition coefficient (Wildman–Crippen LogP) is 5.92. The van der Waals surface area contributed by atoms with E-state index >= 15 is 0 Å². The van der Waals surface area contributed by atoms with Crippen LogP contribution in [0.2, 0.25) is 0 Å². The number of Topliss-reactive ketones (excluding diaryl/α,β-unsaturated/α-hetero) is 1. The maximum absolute atomic E-state index is 13.6. The van der Waals surface area contributed by atoms with Crippen molar-refractivity contribution >= 4 is 33.4 Å². The average Bonchev–Trinajstić information content (AvgIpc) is 3.18. The highest BCUT2D eigenvalue weighted by Crippen LogP contribution is 2.50. The van der Waals surface area contributed by atoms with Crippen LogP contribution in [0.3, 0.4) is 0 Å². The second-order valence-corrected chi connectivity index (χ2v) is 9.55. The van der Waals surface area contributed by atoms with Crippen molar-refractivity contribution in [3.05, 3.63) is 110 Å². The molecule has 1 aliphatic heterocycles. The Balaban J connectivity index is 1.61. The van der Waals surface area contributed by atoms with Crippen LogP contribution in [0.4, 0.5) is 4.39 Å². The van der Waals surface area contributed by atoms with Gasteiger partial charge in [-0.15, -0.1) is 0 Å². The fourth-order valence-electron chi connectivity index (χ4n) is 4.85. The summed E-state index contributed by atoms with van der Waals surface area (Å²) in [7, 11) is 2.82. The van der Waals surface area contributed by atoms with Crippen LogP contribution in [0.15, 0.2) is 82.0 Å². The van der Waals surface area contributed by atoms with Gasteiger partial charge in [0.25, 0.3) is 0 Å². The molecule has 0 saturated carbocycles. The molecule has 1 aliphatic carbocycles. The third kappa shape index (κ3) is 4.31.